The third-order valence-electron chi connectivity index (χ3n) is 4.54. The molecular formula is C15H18FN3O2. The van der Waals surface area contributed by atoms with E-state index < -0.39 is 11.7 Å². The maximum Gasteiger partial charge on any atom is 0.248 e. The summed E-state index contributed by atoms with van der Waals surface area (Å²) < 4.78 is 13.8. The van der Waals surface area contributed by atoms with Crippen molar-refractivity contribution in [2.24, 2.45) is 17.6 Å². The summed E-state index contributed by atoms with van der Waals surface area (Å²) in [5.74, 6) is -0.602. The SMILES string of the molecule is NC(=O)c1ccc(F)c(NC(=O)C2NCC3CCCC32)c1. The molecule has 4 N–H and O–H groups in total. The molecule has 1 aromatic rings. The van der Waals surface area contributed by atoms with Crippen molar-refractivity contribution in [3.63, 3.8) is 0 Å². The highest BCUT2D eigenvalue weighted by atomic mass is 19.1. The summed E-state index contributed by atoms with van der Waals surface area (Å²) in [5.41, 5.74) is 5.34. The van der Waals surface area contributed by atoms with Gasteiger partial charge in [-0.1, -0.05) is 6.42 Å². The average molecular weight is 291 g/mol. The number of fused-ring (bicyclic) bond motifs is 1. The van der Waals surface area contributed by atoms with Crippen molar-refractivity contribution < 1.29 is 14.0 Å². The van der Waals surface area contributed by atoms with Crippen molar-refractivity contribution in [2.45, 2.75) is 25.3 Å². The van der Waals surface area contributed by atoms with E-state index in [4.69, 9.17) is 5.73 Å². The highest BCUT2D eigenvalue weighted by molar-refractivity contribution is 5.98. The van der Waals surface area contributed by atoms with E-state index >= 15 is 0 Å². The Bertz CT molecular complexity index is 590. The second-order valence-electron chi connectivity index (χ2n) is 5.79. The molecule has 21 heavy (non-hydrogen) atoms. The number of hydrogen-bond donors (Lipinski definition) is 3. The number of carbonyl (C=O) groups excluding carboxylic acids is 2. The lowest BCUT2D eigenvalue weighted by Gasteiger charge is -2.18. The zero-order valence-electron chi connectivity index (χ0n) is 11.6. The van der Waals surface area contributed by atoms with Gasteiger partial charge in [0.2, 0.25) is 11.8 Å². The number of nitrogens with two attached hydrogens (primary N) is 1. The number of primary amides is 1. The third-order valence-corrected chi connectivity index (χ3v) is 4.54. The fraction of sp³-hybridized carbons (Fsp3) is 0.467. The lowest BCUT2D eigenvalue weighted by atomic mass is 9.93. The van der Waals surface area contributed by atoms with Crippen LogP contribution in [0.15, 0.2) is 18.2 Å². The van der Waals surface area contributed by atoms with Gasteiger partial charge in [0.1, 0.15) is 5.82 Å². The Balaban J connectivity index is 1.75. The zero-order chi connectivity index (χ0) is 15.0. The van der Waals surface area contributed by atoms with E-state index in [1.165, 1.54) is 12.1 Å². The van der Waals surface area contributed by atoms with Crippen LogP contribution in [0.1, 0.15) is 29.6 Å². The summed E-state index contributed by atoms with van der Waals surface area (Å²) in [7, 11) is 0. The number of amides is 2. The maximum absolute atomic E-state index is 13.8. The molecule has 112 valence electrons. The number of anilines is 1. The van der Waals surface area contributed by atoms with Gasteiger partial charge in [-0.25, -0.2) is 4.39 Å². The Morgan fingerprint density at radius 2 is 2.14 bits per heavy atom. The number of benzene rings is 1. The molecule has 0 bridgehead atoms. The van der Waals surface area contributed by atoms with Crippen molar-refractivity contribution in [3.8, 4) is 0 Å². The molecule has 1 saturated heterocycles. The van der Waals surface area contributed by atoms with Gasteiger partial charge in [-0.05, 0) is 49.4 Å². The largest absolute Gasteiger partial charge is 0.366 e. The van der Waals surface area contributed by atoms with Crippen LogP contribution in [0.5, 0.6) is 0 Å². The fourth-order valence-electron chi connectivity index (χ4n) is 3.46. The standard InChI is InChI=1S/C15H18FN3O2/c16-11-5-4-8(14(17)20)6-12(11)19-15(21)13-10-3-1-2-9(10)7-18-13/h4-6,9-10,13,18H,1-3,7H2,(H2,17,20)(H,19,21). The van der Waals surface area contributed by atoms with Crippen molar-refractivity contribution in [3.05, 3.63) is 29.6 Å². The highest BCUT2D eigenvalue weighted by Gasteiger charge is 2.42. The van der Waals surface area contributed by atoms with E-state index in [-0.39, 0.29) is 23.2 Å². The molecule has 0 spiro atoms. The van der Waals surface area contributed by atoms with Gasteiger partial charge in [-0.2, -0.15) is 0 Å². The van der Waals surface area contributed by atoms with Crippen LogP contribution < -0.4 is 16.4 Å². The first-order valence-corrected chi connectivity index (χ1v) is 7.20. The van der Waals surface area contributed by atoms with Gasteiger partial charge in [0.15, 0.2) is 0 Å². The lowest BCUT2D eigenvalue weighted by molar-refractivity contribution is -0.118. The number of nitrogens with one attached hydrogen (secondary N) is 2. The van der Waals surface area contributed by atoms with Gasteiger partial charge in [0.05, 0.1) is 11.7 Å². The molecule has 1 heterocycles. The molecule has 1 aromatic carbocycles. The van der Waals surface area contributed by atoms with Crippen molar-refractivity contribution in [2.75, 3.05) is 11.9 Å². The first-order valence-electron chi connectivity index (χ1n) is 7.20. The number of hydrogen-bond acceptors (Lipinski definition) is 3. The molecule has 0 aromatic heterocycles. The summed E-state index contributed by atoms with van der Waals surface area (Å²) in [5, 5.41) is 5.79. The Kier molecular flexibility index (Phi) is 3.63. The van der Waals surface area contributed by atoms with Crippen LogP contribution in [-0.2, 0) is 4.79 Å². The molecule has 1 aliphatic carbocycles. The quantitative estimate of drug-likeness (QED) is 0.783. The molecule has 6 heteroatoms. The number of rotatable bonds is 3. The molecule has 5 nitrogen and oxygen atoms in total. The predicted molar refractivity (Wildman–Crippen MR) is 76.2 cm³/mol. The number of carbonyl (C=O) groups is 2. The van der Waals surface area contributed by atoms with E-state index in [1.54, 1.807) is 0 Å². The summed E-state index contributed by atoms with van der Waals surface area (Å²) >= 11 is 0. The van der Waals surface area contributed by atoms with Gasteiger partial charge in [0.25, 0.3) is 0 Å². The Hall–Kier alpha value is -1.95. The second kappa shape index (κ2) is 5.44. The molecule has 1 aliphatic heterocycles. The molecule has 3 atom stereocenters. The number of halogens is 1. The van der Waals surface area contributed by atoms with Crippen LogP contribution in [0.25, 0.3) is 0 Å². The van der Waals surface area contributed by atoms with Crippen LogP contribution in [-0.4, -0.2) is 24.4 Å². The highest BCUT2D eigenvalue weighted by Crippen LogP contribution is 2.38. The Labute approximate surface area is 122 Å². The van der Waals surface area contributed by atoms with Crippen molar-refractivity contribution in [1.82, 2.24) is 5.32 Å². The Morgan fingerprint density at radius 1 is 1.33 bits per heavy atom. The smallest absolute Gasteiger partial charge is 0.248 e. The van der Waals surface area contributed by atoms with Crippen LogP contribution in [0.3, 0.4) is 0 Å². The van der Waals surface area contributed by atoms with Crippen molar-refractivity contribution >= 4 is 17.5 Å². The van der Waals surface area contributed by atoms with E-state index in [2.05, 4.69) is 10.6 Å². The van der Waals surface area contributed by atoms with Gasteiger partial charge in [0, 0.05) is 5.56 Å². The van der Waals surface area contributed by atoms with Gasteiger partial charge in [-0.3, -0.25) is 9.59 Å². The topological polar surface area (TPSA) is 84.2 Å². The summed E-state index contributed by atoms with van der Waals surface area (Å²) in [6.45, 7) is 0.840. The lowest BCUT2D eigenvalue weighted by Crippen LogP contribution is -2.40. The van der Waals surface area contributed by atoms with Gasteiger partial charge < -0.3 is 16.4 Å². The van der Waals surface area contributed by atoms with E-state index in [1.807, 2.05) is 0 Å². The van der Waals surface area contributed by atoms with Crippen LogP contribution >= 0.6 is 0 Å². The monoisotopic (exact) mass is 291 g/mol. The third kappa shape index (κ3) is 2.63. The molecule has 0 radical (unpaired) electrons. The predicted octanol–water partition coefficient (Wildman–Crippen LogP) is 1.25. The molecule has 2 amide bonds. The maximum atomic E-state index is 13.8. The summed E-state index contributed by atoms with van der Waals surface area (Å²) in [6.07, 6.45) is 3.32. The summed E-state index contributed by atoms with van der Waals surface area (Å²) in [6, 6.07) is 3.43. The molecule has 3 unspecified atom stereocenters. The minimum Gasteiger partial charge on any atom is -0.366 e. The Morgan fingerprint density at radius 3 is 2.90 bits per heavy atom. The zero-order valence-corrected chi connectivity index (χ0v) is 11.6. The summed E-state index contributed by atoms with van der Waals surface area (Å²) in [4.78, 5) is 23.5. The van der Waals surface area contributed by atoms with Gasteiger partial charge in [-0.15, -0.1) is 0 Å². The molecule has 3 rings (SSSR count). The second-order valence-corrected chi connectivity index (χ2v) is 5.79. The van der Waals surface area contributed by atoms with E-state index in [0.717, 1.165) is 31.9 Å². The molecule has 1 saturated carbocycles. The molecule has 2 fully saturated rings. The van der Waals surface area contributed by atoms with Crippen LogP contribution in [0, 0.1) is 17.7 Å². The van der Waals surface area contributed by atoms with Crippen molar-refractivity contribution in [1.29, 1.82) is 0 Å². The molecule has 2 aliphatic rings. The van der Waals surface area contributed by atoms with Crippen LogP contribution in [0.2, 0.25) is 0 Å². The average Bonchev–Trinajstić information content (AvgIpc) is 3.03. The first-order chi connectivity index (χ1) is 10.1. The first kappa shape index (κ1) is 14.0. The van der Waals surface area contributed by atoms with E-state index in [0.29, 0.717) is 11.8 Å². The minimum atomic E-state index is -0.652. The fourth-order valence-corrected chi connectivity index (χ4v) is 3.46. The van der Waals surface area contributed by atoms with E-state index in [9.17, 15) is 14.0 Å². The minimum absolute atomic E-state index is 0.000420. The normalized spacial score (nSPS) is 27.4. The molecular weight excluding hydrogens is 273 g/mol. The van der Waals surface area contributed by atoms with Gasteiger partial charge >= 0.3 is 0 Å². The van der Waals surface area contributed by atoms with Crippen LogP contribution in [0.4, 0.5) is 10.1 Å².